The number of nitrogens with zero attached hydrogens (tertiary/aromatic N) is 2. The van der Waals surface area contributed by atoms with Crippen LogP contribution < -0.4 is 9.80 Å². The van der Waals surface area contributed by atoms with Gasteiger partial charge in [-0.15, -0.1) is 0 Å². The summed E-state index contributed by atoms with van der Waals surface area (Å²) in [6.45, 7) is 0. The molecule has 4 rings (SSSR count). The second kappa shape index (κ2) is 8.11. The van der Waals surface area contributed by atoms with Crippen molar-refractivity contribution in [2.45, 2.75) is 0 Å². The highest BCUT2D eigenvalue weighted by molar-refractivity contribution is 6.15. The molecule has 0 aliphatic rings. The Hall–Kier alpha value is -3.86. The maximum atomic E-state index is 13.0. The van der Waals surface area contributed by atoms with Gasteiger partial charge in [-0.1, -0.05) is 48.5 Å². The van der Waals surface area contributed by atoms with Gasteiger partial charge in [0.2, 0.25) is 0 Å². The standard InChI is InChI=1S/C26H24N2O3/c1-27(2)23-15-13-21(17-9-5-7-11-19(17)23)25(29)31-26(30)22-14-16-24(28(3)4)20-12-8-6-10-18(20)22/h5-16H,1-4H3. The first-order chi connectivity index (χ1) is 14.9. The summed E-state index contributed by atoms with van der Waals surface area (Å²) in [5, 5.41) is 3.35. The van der Waals surface area contributed by atoms with E-state index in [9.17, 15) is 9.59 Å². The normalized spacial score (nSPS) is 10.8. The lowest BCUT2D eigenvalue weighted by atomic mass is 10.0. The van der Waals surface area contributed by atoms with Crippen LogP contribution in [0.25, 0.3) is 21.5 Å². The fourth-order valence-electron chi connectivity index (χ4n) is 3.90. The monoisotopic (exact) mass is 412 g/mol. The Morgan fingerprint density at radius 2 is 0.903 bits per heavy atom. The molecule has 0 saturated heterocycles. The number of anilines is 2. The number of hydrogen-bond acceptors (Lipinski definition) is 5. The molecule has 0 radical (unpaired) electrons. The minimum Gasteiger partial charge on any atom is -0.386 e. The first-order valence-electron chi connectivity index (χ1n) is 10.0. The number of carbonyl (C=O) groups is 2. The maximum absolute atomic E-state index is 13.0. The van der Waals surface area contributed by atoms with Gasteiger partial charge in [0.15, 0.2) is 0 Å². The molecule has 0 atom stereocenters. The summed E-state index contributed by atoms with van der Waals surface area (Å²) in [7, 11) is 7.80. The lowest BCUT2D eigenvalue weighted by molar-refractivity contribution is 0.0400. The third-order valence-electron chi connectivity index (χ3n) is 5.39. The van der Waals surface area contributed by atoms with Gasteiger partial charge in [-0.2, -0.15) is 0 Å². The van der Waals surface area contributed by atoms with Crippen LogP contribution in [0.15, 0.2) is 72.8 Å². The number of ether oxygens (including phenoxy) is 1. The Bertz CT molecular complexity index is 1210. The SMILES string of the molecule is CN(C)c1ccc(C(=O)OC(=O)c2ccc(N(C)C)c3ccccc23)c2ccccc12. The van der Waals surface area contributed by atoms with E-state index >= 15 is 0 Å². The van der Waals surface area contributed by atoms with E-state index < -0.39 is 11.9 Å². The molecule has 0 aromatic heterocycles. The molecule has 0 fully saturated rings. The highest BCUT2D eigenvalue weighted by Gasteiger charge is 2.21. The summed E-state index contributed by atoms with van der Waals surface area (Å²) in [5.41, 5.74) is 2.71. The Kier molecular flexibility index (Phi) is 5.34. The predicted molar refractivity (Wildman–Crippen MR) is 126 cm³/mol. The number of carbonyl (C=O) groups excluding carboxylic acids is 2. The molecule has 5 nitrogen and oxygen atoms in total. The van der Waals surface area contributed by atoms with E-state index in [4.69, 9.17) is 4.74 Å². The fraction of sp³-hybridized carbons (Fsp3) is 0.154. The summed E-state index contributed by atoms with van der Waals surface area (Å²) in [6.07, 6.45) is 0. The first kappa shape index (κ1) is 20.4. The largest absolute Gasteiger partial charge is 0.386 e. The number of rotatable bonds is 4. The van der Waals surface area contributed by atoms with Crippen LogP contribution in [-0.4, -0.2) is 40.1 Å². The summed E-state index contributed by atoms with van der Waals surface area (Å²) >= 11 is 0. The van der Waals surface area contributed by atoms with Crippen molar-refractivity contribution in [3.05, 3.63) is 83.9 Å². The van der Waals surface area contributed by atoms with Crippen molar-refractivity contribution in [1.29, 1.82) is 0 Å². The first-order valence-corrected chi connectivity index (χ1v) is 10.0. The highest BCUT2D eigenvalue weighted by Crippen LogP contribution is 2.31. The van der Waals surface area contributed by atoms with Crippen LogP contribution >= 0.6 is 0 Å². The molecular weight excluding hydrogens is 388 g/mol. The minimum absolute atomic E-state index is 0.365. The minimum atomic E-state index is -0.660. The van der Waals surface area contributed by atoms with Crippen molar-refractivity contribution in [3.63, 3.8) is 0 Å². The molecule has 4 aromatic rings. The van der Waals surface area contributed by atoms with Crippen molar-refractivity contribution in [1.82, 2.24) is 0 Å². The molecular formula is C26H24N2O3. The zero-order valence-corrected chi connectivity index (χ0v) is 18.0. The van der Waals surface area contributed by atoms with E-state index in [0.717, 1.165) is 32.9 Å². The molecule has 0 aliphatic carbocycles. The zero-order valence-electron chi connectivity index (χ0n) is 18.0. The molecule has 0 bridgehead atoms. The van der Waals surface area contributed by atoms with Crippen LogP contribution in [0.5, 0.6) is 0 Å². The van der Waals surface area contributed by atoms with Crippen molar-refractivity contribution in [3.8, 4) is 0 Å². The van der Waals surface area contributed by atoms with Crippen molar-refractivity contribution >= 4 is 44.9 Å². The number of fused-ring (bicyclic) bond motifs is 2. The van der Waals surface area contributed by atoms with Crippen LogP contribution in [0.4, 0.5) is 11.4 Å². The second-order valence-electron chi connectivity index (χ2n) is 7.82. The van der Waals surface area contributed by atoms with Gasteiger partial charge >= 0.3 is 11.9 Å². The molecule has 0 N–H and O–H groups in total. The molecule has 5 heteroatoms. The lowest BCUT2D eigenvalue weighted by Crippen LogP contribution is -2.15. The van der Waals surface area contributed by atoms with Gasteiger partial charge in [-0.3, -0.25) is 0 Å². The van der Waals surface area contributed by atoms with Crippen molar-refractivity contribution in [2.75, 3.05) is 38.0 Å². The summed E-state index contributed by atoms with van der Waals surface area (Å²) in [4.78, 5) is 29.9. The molecule has 4 aromatic carbocycles. The van der Waals surface area contributed by atoms with Crippen molar-refractivity contribution in [2.24, 2.45) is 0 Å². The van der Waals surface area contributed by atoms with Crippen LogP contribution in [0.3, 0.4) is 0 Å². The molecule has 156 valence electrons. The average Bonchev–Trinajstić information content (AvgIpc) is 2.77. The average molecular weight is 412 g/mol. The fourth-order valence-corrected chi connectivity index (χ4v) is 3.90. The predicted octanol–water partition coefficient (Wildman–Crippen LogP) is 5.12. The Balaban J connectivity index is 1.72. The molecule has 31 heavy (non-hydrogen) atoms. The number of hydrogen-bond donors (Lipinski definition) is 0. The van der Waals surface area contributed by atoms with Crippen LogP contribution in [0.2, 0.25) is 0 Å². The number of benzene rings is 4. The summed E-state index contributed by atoms with van der Waals surface area (Å²) < 4.78 is 5.33. The number of esters is 2. The summed E-state index contributed by atoms with van der Waals surface area (Å²) in [5.74, 6) is -1.32. The van der Waals surface area contributed by atoms with Gasteiger partial charge in [0.25, 0.3) is 0 Å². The smallest absolute Gasteiger partial charge is 0.346 e. The highest BCUT2D eigenvalue weighted by atomic mass is 16.6. The Morgan fingerprint density at radius 1 is 0.548 bits per heavy atom. The third-order valence-corrected chi connectivity index (χ3v) is 5.39. The van der Waals surface area contributed by atoms with Gasteiger partial charge in [0.1, 0.15) is 0 Å². The van der Waals surface area contributed by atoms with Gasteiger partial charge in [0, 0.05) is 50.3 Å². The molecule has 0 aliphatic heterocycles. The van der Waals surface area contributed by atoms with Crippen LogP contribution in [-0.2, 0) is 4.74 Å². The van der Waals surface area contributed by atoms with Crippen LogP contribution in [0.1, 0.15) is 20.7 Å². The molecule has 0 saturated carbocycles. The van der Waals surface area contributed by atoms with E-state index in [0.29, 0.717) is 11.1 Å². The van der Waals surface area contributed by atoms with Gasteiger partial charge in [-0.25, -0.2) is 9.59 Å². The molecule has 0 amide bonds. The van der Waals surface area contributed by atoms with E-state index in [-0.39, 0.29) is 0 Å². The maximum Gasteiger partial charge on any atom is 0.346 e. The van der Waals surface area contributed by atoms with E-state index in [1.807, 2.05) is 98.7 Å². The van der Waals surface area contributed by atoms with Gasteiger partial charge in [-0.05, 0) is 35.0 Å². The Morgan fingerprint density at radius 3 is 1.26 bits per heavy atom. The van der Waals surface area contributed by atoms with E-state index in [1.165, 1.54) is 0 Å². The zero-order chi connectivity index (χ0) is 22.1. The molecule has 0 heterocycles. The topological polar surface area (TPSA) is 49.9 Å². The second-order valence-corrected chi connectivity index (χ2v) is 7.82. The van der Waals surface area contributed by atoms with E-state index in [1.54, 1.807) is 12.1 Å². The van der Waals surface area contributed by atoms with Crippen molar-refractivity contribution < 1.29 is 14.3 Å². The quantitative estimate of drug-likeness (QED) is 0.344. The van der Waals surface area contributed by atoms with E-state index in [2.05, 4.69) is 0 Å². The lowest BCUT2D eigenvalue weighted by Gasteiger charge is -2.18. The third kappa shape index (κ3) is 3.70. The molecule has 0 spiro atoms. The van der Waals surface area contributed by atoms with Gasteiger partial charge in [0.05, 0.1) is 11.1 Å². The summed E-state index contributed by atoms with van der Waals surface area (Å²) in [6, 6.07) is 22.4. The molecule has 0 unspecified atom stereocenters. The van der Waals surface area contributed by atoms with Gasteiger partial charge < -0.3 is 14.5 Å². The Labute approximate surface area is 181 Å². The van der Waals surface area contributed by atoms with Crippen LogP contribution in [0, 0.1) is 0 Å².